The van der Waals surface area contributed by atoms with Gasteiger partial charge in [0.15, 0.2) is 0 Å². The van der Waals surface area contributed by atoms with E-state index in [1.807, 2.05) is 30.3 Å². The summed E-state index contributed by atoms with van der Waals surface area (Å²) in [4.78, 5) is 25.2. The van der Waals surface area contributed by atoms with Crippen LogP contribution in [0.25, 0.3) is 10.4 Å². The predicted molar refractivity (Wildman–Crippen MR) is 89.6 cm³/mol. The molecule has 26 heavy (non-hydrogen) atoms. The summed E-state index contributed by atoms with van der Waals surface area (Å²) < 4.78 is 21.6. The van der Waals surface area contributed by atoms with Gasteiger partial charge in [0.25, 0.3) is 0 Å². The molecule has 0 aliphatic carbocycles. The van der Waals surface area contributed by atoms with E-state index in [-0.39, 0.29) is 13.2 Å². The topological polar surface area (TPSA) is 120 Å². The Labute approximate surface area is 150 Å². The second-order valence-electron chi connectivity index (χ2n) is 5.80. The summed E-state index contributed by atoms with van der Waals surface area (Å²) >= 11 is 0. The predicted octanol–water partition coefficient (Wildman–Crippen LogP) is 2.49. The Bertz CT molecular complexity index is 662. The van der Waals surface area contributed by atoms with Crippen LogP contribution in [0.15, 0.2) is 35.4 Å². The second kappa shape index (κ2) is 9.76. The minimum absolute atomic E-state index is 0.0126. The second-order valence-corrected chi connectivity index (χ2v) is 5.80. The summed E-state index contributed by atoms with van der Waals surface area (Å²) in [6.45, 7) is 2.79. The Kier molecular flexibility index (Phi) is 7.40. The van der Waals surface area contributed by atoms with Gasteiger partial charge in [0.2, 0.25) is 6.29 Å². The third-order valence-electron chi connectivity index (χ3n) is 3.73. The van der Waals surface area contributed by atoms with Crippen molar-refractivity contribution < 1.29 is 28.5 Å². The number of carbonyl (C=O) groups excluding carboxylic acids is 2. The van der Waals surface area contributed by atoms with Crippen LogP contribution in [0.2, 0.25) is 0 Å². The lowest BCUT2D eigenvalue weighted by Gasteiger charge is -2.38. The molecule has 140 valence electrons. The van der Waals surface area contributed by atoms with Crippen LogP contribution in [-0.2, 0) is 35.1 Å². The normalized spacial score (nSPS) is 25.0. The maximum atomic E-state index is 11.4. The van der Waals surface area contributed by atoms with Crippen molar-refractivity contribution in [2.24, 2.45) is 5.11 Å². The number of nitrogens with zero attached hydrogens (tertiary/aromatic N) is 3. The maximum Gasteiger partial charge on any atom is 0.304 e. The first-order valence-electron chi connectivity index (χ1n) is 8.15. The number of esters is 2. The van der Waals surface area contributed by atoms with E-state index in [9.17, 15) is 9.59 Å². The summed E-state index contributed by atoms with van der Waals surface area (Å²) in [5.41, 5.74) is 9.80. The summed E-state index contributed by atoms with van der Waals surface area (Å²) in [5, 5.41) is 3.69. The maximum absolute atomic E-state index is 11.4. The van der Waals surface area contributed by atoms with Crippen molar-refractivity contribution >= 4 is 11.9 Å². The van der Waals surface area contributed by atoms with Crippen LogP contribution < -0.4 is 0 Å². The highest BCUT2D eigenvalue weighted by atomic mass is 16.7. The van der Waals surface area contributed by atoms with Crippen LogP contribution in [-0.4, -0.2) is 43.1 Å². The van der Waals surface area contributed by atoms with Gasteiger partial charge in [0.1, 0.15) is 12.6 Å². The van der Waals surface area contributed by atoms with Crippen LogP contribution in [0.1, 0.15) is 25.8 Å². The summed E-state index contributed by atoms with van der Waals surface area (Å²) in [7, 11) is 0. The monoisotopic (exact) mass is 363 g/mol. The molecule has 4 atom stereocenters. The summed E-state index contributed by atoms with van der Waals surface area (Å²) in [6.07, 6.45) is -1.90. The highest BCUT2D eigenvalue weighted by molar-refractivity contribution is 5.66. The first-order chi connectivity index (χ1) is 12.5. The van der Waals surface area contributed by atoms with E-state index in [0.717, 1.165) is 5.56 Å². The molecule has 2 unspecified atom stereocenters. The van der Waals surface area contributed by atoms with Gasteiger partial charge in [-0.05, 0) is 11.1 Å². The van der Waals surface area contributed by atoms with E-state index >= 15 is 0 Å². The van der Waals surface area contributed by atoms with Crippen LogP contribution in [0.4, 0.5) is 0 Å². The summed E-state index contributed by atoms with van der Waals surface area (Å²) in [6, 6.07) is 8.63. The SMILES string of the molecule is CC(=O)OCC1C[C@@H](OCc2ccccc2)C(N=[N+]=[N-])[C@H](OC(C)=O)O1. The minimum Gasteiger partial charge on any atom is -0.463 e. The fourth-order valence-corrected chi connectivity index (χ4v) is 2.61. The number of carbonyl (C=O) groups is 2. The smallest absolute Gasteiger partial charge is 0.304 e. The molecule has 1 aliphatic heterocycles. The van der Waals surface area contributed by atoms with E-state index in [1.165, 1.54) is 13.8 Å². The molecule has 2 rings (SSSR count). The number of benzene rings is 1. The Balaban J connectivity index is 2.12. The average molecular weight is 363 g/mol. The molecule has 9 nitrogen and oxygen atoms in total. The largest absolute Gasteiger partial charge is 0.463 e. The van der Waals surface area contributed by atoms with Crippen molar-refractivity contribution in [3.63, 3.8) is 0 Å². The van der Waals surface area contributed by atoms with Gasteiger partial charge in [-0.2, -0.15) is 0 Å². The highest BCUT2D eigenvalue weighted by Gasteiger charge is 2.41. The fourth-order valence-electron chi connectivity index (χ4n) is 2.61. The van der Waals surface area contributed by atoms with Crippen molar-refractivity contribution in [3.8, 4) is 0 Å². The van der Waals surface area contributed by atoms with Gasteiger partial charge >= 0.3 is 11.9 Å². The van der Waals surface area contributed by atoms with Crippen molar-refractivity contribution in [3.05, 3.63) is 46.3 Å². The number of hydrogen-bond acceptors (Lipinski definition) is 7. The van der Waals surface area contributed by atoms with E-state index in [2.05, 4.69) is 10.0 Å². The Morgan fingerprint density at radius 2 is 2.00 bits per heavy atom. The van der Waals surface area contributed by atoms with Crippen molar-refractivity contribution in [1.82, 2.24) is 0 Å². The zero-order valence-corrected chi connectivity index (χ0v) is 14.6. The van der Waals surface area contributed by atoms with E-state index in [0.29, 0.717) is 6.42 Å². The molecule has 1 aliphatic rings. The van der Waals surface area contributed by atoms with Gasteiger partial charge in [-0.1, -0.05) is 35.4 Å². The minimum atomic E-state index is -1.11. The lowest BCUT2D eigenvalue weighted by atomic mass is 10.0. The first-order valence-corrected chi connectivity index (χ1v) is 8.15. The molecule has 0 N–H and O–H groups in total. The molecule has 1 aromatic rings. The molecule has 1 aromatic carbocycles. The van der Waals surface area contributed by atoms with Gasteiger partial charge < -0.3 is 18.9 Å². The van der Waals surface area contributed by atoms with Crippen LogP contribution in [0, 0.1) is 0 Å². The molecule has 0 bridgehead atoms. The molecule has 1 saturated heterocycles. The molecule has 0 aromatic heterocycles. The molecule has 1 heterocycles. The lowest BCUT2D eigenvalue weighted by Crippen LogP contribution is -2.51. The van der Waals surface area contributed by atoms with Gasteiger partial charge in [-0.3, -0.25) is 9.59 Å². The van der Waals surface area contributed by atoms with Gasteiger partial charge in [-0.15, -0.1) is 0 Å². The highest BCUT2D eigenvalue weighted by Crippen LogP contribution is 2.27. The summed E-state index contributed by atoms with van der Waals surface area (Å²) in [5.74, 6) is -1.03. The first kappa shape index (κ1) is 19.7. The third-order valence-corrected chi connectivity index (χ3v) is 3.73. The molecule has 0 spiro atoms. The third kappa shape index (κ3) is 6.03. The number of hydrogen-bond donors (Lipinski definition) is 0. The average Bonchev–Trinajstić information content (AvgIpc) is 2.61. The van der Waals surface area contributed by atoms with Gasteiger partial charge in [-0.25, -0.2) is 0 Å². The number of rotatable bonds is 7. The molecule has 0 saturated carbocycles. The van der Waals surface area contributed by atoms with Crippen LogP contribution in [0.5, 0.6) is 0 Å². The van der Waals surface area contributed by atoms with Gasteiger partial charge in [0.05, 0.1) is 18.8 Å². The molecular formula is C17H21N3O6. The molecule has 0 amide bonds. The molecular weight excluding hydrogens is 342 g/mol. The van der Waals surface area contributed by atoms with Gasteiger partial charge in [0, 0.05) is 25.2 Å². The lowest BCUT2D eigenvalue weighted by molar-refractivity contribution is -0.235. The fraction of sp³-hybridized carbons (Fsp3) is 0.529. The quantitative estimate of drug-likeness (QED) is 0.318. The van der Waals surface area contributed by atoms with E-state index in [4.69, 9.17) is 24.5 Å². The number of ether oxygens (including phenoxy) is 4. The van der Waals surface area contributed by atoms with Crippen LogP contribution >= 0.6 is 0 Å². The van der Waals surface area contributed by atoms with Crippen LogP contribution in [0.3, 0.4) is 0 Å². The molecule has 9 heteroatoms. The van der Waals surface area contributed by atoms with Crippen molar-refractivity contribution in [1.29, 1.82) is 0 Å². The zero-order valence-electron chi connectivity index (χ0n) is 14.6. The Morgan fingerprint density at radius 1 is 1.27 bits per heavy atom. The molecule has 1 fully saturated rings. The van der Waals surface area contributed by atoms with E-state index < -0.39 is 36.5 Å². The van der Waals surface area contributed by atoms with E-state index in [1.54, 1.807) is 0 Å². The Morgan fingerprint density at radius 3 is 2.62 bits per heavy atom. The number of azide groups is 1. The molecule has 0 radical (unpaired) electrons. The standard InChI is InChI=1S/C17H21N3O6/c1-11(21)23-10-14-8-15(24-9-13-6-4-3-5-7-13)16(19-20-18)17(26-14)25-12(2)22/h3-7,14-17H,8-10H2,1-2H3/t14?,15-,16?,17-/m1/s1. The van der Waals surface area contributed by atoms with Crippen molar-refractivity contribution in [2.45, 2.75) is 51.4 Å². The van der Waals surface area contributed by atoms with Crippen molar-refractivity contribution in [2.75, 3.05) is 6.61 Å². The zero-order chi connectivity index (χ0) is 18.9. The Hall–Kier alpha value is -2.61.